The molecule has 1 atom stereocenters. The molecular weight excluding hydrogens is 270 g/mol. The van der Waals surface area contributed by atoms with Gasteiger partial charge in [-0.05, 0) is 66.2 Å². The van der Waals surface area contributed by atoms with Gasteiger partial charge in [0.1, 0.15) is 0 Å². The number of nitrogens with zero attached hydrogens (tertiary/aromatic N) is 1. The van der Waals surface area contributed by atoms with Crippen LogP contribution in [0.2, 0.25) is 0 Å². The van der Waals surface area contributed by atoms with Crippen molar-refractivity contribution in [1.82, 2.24) is 4.90 Å². The van der Waals surface area contributed by atoms with Gasteiger partial charge in [-0.1, -0.05) is 44.2 Å². The van der Waals surface area contributed by atoms with Crippen molar-refractivity contribution in [2.24, 2.45) is 0 Å². The molecule has 118 valence electrons. The minimum Gasteiger partial charge on any atom is -0.387 e. The molecule has 1 N–H and O–H groups in total. The summed E-state index contributed by atoms with van der Waals surface area (Å²) in [5.74, 6) is 0. The minimum atomic E-state index is -0.406. The van der Waals surface area contributed by atoms with Crippen LogP contribution in [0.5, 0.6) is 0 Å². The van der Waals surface area contributed by atoms with Gasteiger partial charge < -0.3 is 10.0 Å². The molecule has 0 aliphatic heterocycles. The van der Waals surface area contributed by atoms with Gasteiger partial charge in [-0.15, -0.1) is 0 Å². The van der Waals surface area contributed by atoms with Gasteiger partial charge >= 0.3 is 0 Å². The first-order valence-corrected chi connectivity index (χ1v) is 8.68. The lowest BCUT2D eigenvalue weighted by atomic mass is 9.84. The average Bonchev–Trinajstić information content (AvgIpc) is 2.58. The maximum Gasteiger partial charge on any atom is 0.0923 e. The van der Waals surface area contributed by atoms with Crippen molar-refractivity contribution in [3.63, 3.8) is 0 Å². The molecule has 0 amide bonds. The number of aryl methyl sites for hydroxylation is 2. The van der Waals surface area contributed by atoms with Crippen LogP contribution in [-0.4, -0.2) is 29.6 Å². The van der Waals surface area contributed by atoms with Crippen molar-refractivity contribution in [2.75, 3.05) is 19.6 Å². The zero-order chi connectivity index (χ0) is 15.5. The Labute approximate surface area is 133 Å². The largest absolute Gasteiger partial charge is 0.387 e. The van der Waals surface area contributed by atoms with E-state index in [1.54, 1.807) is 0 Å². The normalized spacial score (nSPS) is 16.0. The number of rotatable bonds is 5. The Morgan fingerprint density at radius 2 is 1.73 bits per heavy atom. The second-order valence-corrected chi connectivity index (χ2v) is 6.36. The lowest BCUT2D eigenvalue weighted by Crippen LogP contribution is -2.28. The van der Waals surface area contributed by atoms with Crippen LogP contribution in [0.3, 0.4) is 0 Å². The molecule has 0 heterocycles. The van der Waals surface area contributed by atoms with E-state index in [2.05, 4.69) is 49.1 Å². The van der Waals surface area contributed by atoms with Gasteiger partial charge in [0.2, 0.25) is 0 Å². The Kier molecular flexibility index (Phi) is 4.80. The van der Waals surface area contributed by atoms with E-state index in [1.807, 2.05) is 0 Å². The summed E-state index contributed by atoms with van der Waals surface area (Å²) in [4.78, 5) is 2.29. The van der Waals surface area contributed by atoms with Crippen LogP contribution in [0, 0.1) is 0 Å². The Bertz CT molecular complexity index is 645. The number of benzene rings is 2. The monoisotopic (exact) mass is 297 g/mol. The lowest BCUT2D eigenvalue weighted by molar-refractivity contribution is 0.120. The summed E-state index contributed by atoms with van der Waals surface area (Å²) in [6, 6.07) is 10.9. The minimum absolute atomic E-state index is 0.406. The summed E-state index contributed by atoms with van der Waals surface area (Å²) in [6.07, 6.45) is 4.50. The van der Waals surface area contributed by atoms with Crippen molar-refractivity contribution in [2.45, 2.75) is 45.6 Å². The molecule has 0 fully saturated rings. The SMILES string of the molecule is CCN(CC)CC(O)c1cc2c(c3ccccc13)CCCC2. The fourth-order valence-corrected chi connectivity index (χ4v) is 3.76. The summed E-state index contributed by atoms with van der Waals surface area (Å²) in [5.41, 5.74) is 4.09. The van der Waals surface area contributed by atoms with Crippen LogP contribution in [0.25, 0.3) is 10.8 Å². The summed E-state index contributed by atoms with van der Waals surface area (Å²) >= 11 is 0. The highest BCUT2D eigenvalue weighted by molar-refractivity contribution is 5.90. The molecule has 2 aromatic rings. The van der Waals surface area contributed by atoms with E-state index in [0.717, 1.165) is 31.6 Å². The molecule has 0 saturated heterocycles. The predicted octanol–water partition coefficient (Wildman–Crippen LogP) is 4.09. The third kappa shape index (κ3) is 2.90. The Hall–Kier alpha value is -1.38. The maximum atomic E-state index is 10.8. The zero-order valence-electron chi connectivity index (χ0n) is 13.8. The first kappa shape index (κ1) is 15.5. The second-order valence-electron chi connectivity index (χ2n) is 6.36. The highest BCUT2D eigenvalue weighted by atomic mass is 16.3. The Balaban J connectivity index is 2.05. The average molecular weight is 297 g/mol. The van der Waals surface area contributed by atoms with Gasteiger partial charge in [-0.3, -0.25) is 0 Å². The van der Waals surface area contributed by atoms with Crippen molar-refractivity contribution in [3.05, 3.63) is 47.0 Å². The van der Waals surface area contributed by atoms with Crippen LogP contribution >= 0.6 is 0 Å². The first-order chi connectivity index (χ1) is 10.7. The third-order valence-corrected chi connectivity index (χ3v) is 5.09. The molecule has 1 aliphatic carbocycles. The van der Waals surface area contributed by atoms with E-state index < -0.39 is 6.10 Å². The van der Waals surface area contributed by atoms with Crippen molar-refractivity contribution in [1.29, 1.82) is 0 Å². The molecule has 3 rings (SSSR count). The van der Waals surface area contributed by atoms with Gasteiger partial charge in [0.25, 0.3) is 0 Å². The molecule has 0 bridgehead atoms. The van der Waals surface area contributed by atoms with Gasteiger partial charge in [0.05, 0.1) is 6.10 Å². The molecule has 0 aromatic heterocycles. The predicted molar refractivity (Wildman–Crippen MR) is 93.3 cm³/mol. The fraction of sp³-hybridized carbons (Fsp3) is 0.500. The smallest absolute Gasteiger partial charge is 0.0923 e. The highest BCUT2D eigenvalue weighted by Gasteiger charge is 2.19. The van der Waals surface area contributed by atoms with Crippen LogP contribution < -0.4 is 0 Å². The number of likely N-dealkylation sites (N-methyl/N-ethyl adjacent to an activating group) is 1. The van der Waals surface area contributed by atoms with Gasteiger partial charge in [-0.25, -0.2) is 0 Å². The summed E-state index contributed by atoms with van der Waals surface area (Å²) in [6.45, 7) is 6.99. The van der Waals surface area contributed by atoms with Gasteiger partial charge in [0.15, 0.2) is 0 Å². The van der Waals surface area contributed by atoms with E-state index in [1.165, 1.54) is 41.2 Å². The van der Waals surface area contributed by atoms with Crippen molar-refractivity contribution >= 4 is 10.8 Å². The van der Waals surface area contributed by atoms with E-state index in [-0.39, 0.29) is 0 Å². The topological polar surface area (TPSA) is 23.5 Å². The summed E-state index contributed by atoms with van der Waals surface area (Å²) in [5, 5.41) is 13.4. The number of hydrogen-bond donors (Lipinski definition) is 1. The number of fused-ring (bicyclic) bond motifs is 3. The number of hydrogen-bond acceptors (Lipinski definition) is 2. The molecule has 2 nitrogen and oxygen atoms in total. The Morgan fingerprint density at radius 1 is 1.05 bits per heavy atom. The zero-order valence-corrected chi connectivity index (χ0v) is 13.8. The maximum absolute atomic E-state index is 10.8. The Morgan fingerprint density at radius 3 is 2.45 bits per heavy atom. The quantitative estimate of drug-likeness (QED) is 0.898. The fourth-order valence-electron chi connectivity index (χ4n) is 3.76. The van der Waals surface area contributed by atoms with Crippen LogP contribution in [0.1, 0.15) is 49.5 Å². The second kappa shape index (κ2) is 6.80. The third-order valence-electron chi connectivity index (χ3n) is 5.09. The molecule has 2 aromatic carbocycles. The van der Waals surface area contributed by atoms with Crippen LogP contribution in [0.15, 0.2) is 30.3 Å². The standard InChI is InChI=1S/C20H27NO/c1-3-21(4-2)14-20(22)19-13-15-9-5-6-10-16(15)17-11-7-8-12-18(17)19/h7-8,11-13,20,22H,3-6,9-10,14H2,1-2H3. The number of aliphatic hydroxyl groups is 1. The molecule has 1 aliphatic rings. The summed E-state index contributed by atoms with van der Waals surface area (Å²) in [7, 11) is 0. The van der Waals surface area contributed by atoms with Crippen molar-refractivity contribution in [3.8, 4) is 0 Å². The van der Waals surface area contributed by atoms with E-state index in [4.69, 9.17) is 0 Å². The summed E-state index contributed by atoms with van der Waals surface area (Å²) < 4.78 is 0. The van der Waals surface area contributed by atoms with E-state index in [9.17, 15) is 5.11 Å². The molecule has 22 heavy (non-hydrogen) atoms. The van der Waals surface area contributed by atoms with Crippen molar-refractivity contribution < 1.29 is 5.11 Å². The van der Waals surface area contributed by atoms with Gasteiger partial charge in [0, 0.05) is 6.54 Å². The molecule has 0 spiro atoms. The van der Waals surface area contributed by atoms with Crippen LogP contribution in [-0.2, 0) is 12.8 Å². The molecule has 1 unspecified atom stereocenters. The van der Waals surface area contributed by atoms with Gasteiger partial charge in [-0.2, -0.15) is 0 Å². The van der Waals surface area contributed by atoms with E-state index in [0.29, 0.717) is 0 Å². The van der Waals surface area contributed by atoms with E-state index >= 15 is 0 Å². The highest BCUT2D eigenvalue weighted by Crippen LogP contribution is 2.34. The molecule has 0 saturated carbocycles. The number of aliphatic hydroxyl groups excluding tert-OH is 1. The molecule has 2 heteroatoms. The lowest BCUT2D eigenvalue weighted by Gasteiger charge is -2.26. The molecular formula is C20H27NO. The molecule has 0 radical (unpaired) electrons. The van der Waals surface area contributed by atoms with Crippen LogP contribution in [0.4, 0.5) is 0 Å². The first-order valence-electron chi connectivity index (χ1n) is 8.68.